The van der Waals surface area contributed by atoms with Gasteiger partial charge < -0.3 is 5.11 Å². The Morgan fingerprint density at radius 2 is 2.25 bits per heavy atom. The van der Waals surface area contributed by atoms with Crippen LogP contribution in [0.15, 0.2) is 12.3 Å². The van der Waals surface area contributed by atoms with Crippen molar-refractivity contribution in [1.29, 1.82) is 0 Å². The molecule has 7 heteroatoms. The highest BCUT2D eigenvalue weighted by atomic mass is 32.2. The summed E-state index contributed by atoms with van der Waals surface area (Å²) in [7, 11) is -2.02. The van der Waals surface area contributed by atoms with E-state index in [-0.39, 0.29) is 12.2 Å². The Balaban J connectivity index is 2.90. The van der Waals surface area contributed by atoms with Gasteiger partial charge in [0.2, 0.25) is 0 Å². The highest BCUT2D eigenvalue weighted by molar-refractivity contribution is 7.92. The first kappa shape index (κ1) is 12.7. The molecule has 0 aliphatic heterocycles. The Labute approximate surface area is 93.8 Å². The van der Waals surface area contributed by atoms with Gasteiger partial charge in [-0.2, -0.15) is 5.10 Å². The monoisotopic (exact) mass is 246 g/mol. The lowest BCUT2D eigenvalue weighted by Gasteiger charge is -2.09. The van der Waals surface area contributed by atoms with E-state index >= 15 is 0 Å². The molecule has 0 amide bonds. The molecule has 0 saturated carbocycles. The summed E-state index contributed by atoms with van der Waals surface area (Å²) in [6.07, 6.45) is 1.68. The number of hydrogen-bond donors (Lipinski definition) is 1. The molecule has 1 atom stereocenters. The fourth-order valence-electron chi connectivity index (χ4n) is 1.43. The number of carbonyl (C=O) groups is 1. The Kier molecular flexibility index (Phi) is 3.69. The zero-order valence-corrected chi connectivity index (χ0v) is 9.94. The van der Waals surface area contributed by atoms with E-state index in [1.54, 1.807) is 19.3 Å². The fraction of sp³-hybridized carbons (Fsp3) is 0.556. The van der Waals surface area contributed by atoms with Crippen LogP contribution in [-0.4, -0.2) is 34.5 Å². The average Bonchev–Trinajstić information content (AvgIpc) is 2.49. The molecule has 0 saturated heterocycles. The van der Waals surface area contributed by atoms with E-state index in [2.05, 4.69) is 5.10 Å². The lowest BCUT2D eigenvalue weighted by Crippen LogP contribution is -2.30. The van der Waals surface area contributed by atoms with E-state index in [0.29, 0.717) is 5.69 Å². The average molecular weight is 246 g/mol. The second-order valence-corrected chi connectivity index (χ2v) is 5.71. The number of aryl methyl sites for hydroxylation is 1. The summed E-state index contributed by atoms with van der Waals surface area (Å²) in [6, 6.07) is 1.56. The molecule has 1 heterocycles. The van der Waals surface area contributed by atoms with Crippen molar-refractivity contribution in [3.05, 3.63) is 18.0 Å². The van der Waals surface area contributed by atoms with Crippen molar-refractivity contribution < 1.29 is 18.3 Å². The van der Waals surface area contributed by atoms with E-state index in [9.17, 15) is 13.2 Å². The smallest absolute Gasteiger partial charge is 0.321 e. The summed E-state index contributed by atoms with van der Waals surface area (Å²) in [5.41, 5.74) is 0.363. The van der Waals surface area contributed by atoms with Crippen molar-refractivity contribution in [2.75, 3.05) is 0 Å². The molecular weight excluding hydrogens is 232 g/mol. The molecular formula is C9H14N2O4S. The van der Waals surface area contributed by atoms with Crippen molar-refractivity contribution in [3.63, 3.8) is 0 Å². The molecule has 0 spiro atoms. The number of nitrogens with zero attached hydrogens (tertiary/aromatic N) is 2. The number of carboxylic acid groups (broad SMARTS) is 1. The topological polar surface area (TPSA) is 89.3 Å². The minimum atomic E-state index is -3.69. The van der Waals surface area contributed by atoms with Gasteiger partial charge in [-0.05, 0) is 12.5 Å². The molecule has 16 heavy (non-hydrogen) atoms. The predicted molar refractivity (Wildman–Crippen MR) is 57.5 cm³/mol. The van der Waals surface area contributed by atoms with Gasteiger partial charge in [-0.25, -0.2) is 8.42 Å². The van der Waals surface area contributed by atoms with Crippen LogP contribution in [0.4, 0.5) is 0 Å². The van der Waals surface area contributed by atoms with Crippen molar-refractivity contribution >= 4 is 15.8 Å². The number of aromatic nitrogens is 2. The Hall–Kier alpha value is -1.37. The summed E-state index contributed by atoms with van der Waals surface area (Å²) in [5.74, 6) is -1.64. The van der Waals surface area contributed by atoms with Crippen LogP contribution in [0.3, 0.4) is 0 Å². The van der Waals surface area contributed by atoms with Crippen LogP contribution < -0.4 is 0 Å². The van der Waals surface area contributed by atoms with Gasteiger partial charge in [-0.3, -0.25) is 9.48 Å². The third-order valence-corrected chi connectivity index (χ3v) is 4.30. The zero-order chi connectivity index (χ0) is 12.3. The first-order valence-electron chi connectivity index (χ1n) is 4.79. The van der Waals surface area contributed by atoms with E-state index in [4.69, 9.17) is 5.11 Å². The van der Waals surface area contributed by atoms with E-state index < -0.39 is 21.1 Å². The van der Waals surface area contributed by atoms with Gasteiger partial charge in [-0.15, -0.1) is 0 Å². The van der Waals surface area contributed by atoms with Crippen LogP contribution in [0.1, 0.15) is 19.0 Å². The maximum Gasteiger partial charge on any atom is 0.321 e. The normalized spacial score (nSPS) is 13.6. The van der Waals surface area contributed by atoms with Crippen LogP contribution in [0.2, 0.25) is 0 Å². The largest absolute Gasteiger partial charge is 0.480 e. The van der Waals surface area contributed by atoms with Crippen LogP contribution >= 0.6 is 0 Å². The molecule has 0 fully saturated rings. The van der Waals surface area contributed by atoms with Crippen LogP contribution in [0.5, 0.6) is 0 Å². The van der Waals surface area contributed by atoms with E-state index in [1.165, 1.54) is 11.6 Å². The van der Waals surface area contributed by atoms with Crippen molar-refractivity contribution in [1.82, 2.24) is 9.78 Å². The van der Waals surface area contributed by atoms with Crippen molar-refractivity contribution in [2.24, 2.45) is 7.05 Å². The van der Waals surface area contributed by atoms with Crippen molar-refractivity contribution in [2.45, 2.75) is 24.3 Å². The van der Waals surface area contributed by atoms with Gasteiger partial charge in [0.05, 0.1) is 11.4 Å². The molecule has 0 aromatic carbocycles. The molecule has 6 nitrogen and oxygen atoms in total. The number of carboxylic acids is 1. The lowest BCUT2D eigenvalue weighted by molar-refractivity contribution is -0.136. The summed E-state index contributed by atoms with van der Waals surface area (Å²) in [4.78, 5) is 10.8. The quantitative estimate of drug-likeness (QED) is 0.801. The van der Waals surface area contributed by atoms with Gasteiger partial charge in [-0.1, -0.05) is 6.92 Å². The summed E-state index contributed by atoms with van der Waals surface area (Å²) < 4.78 is 25.0. The number of rotatable bonds is 5. The molecule has 0 bridgehead atoms. The van der Waals surface area contributed by atoms with Crippen LogP contribution in [0.25, 0.3) is 0 Å². The van der Waals surface area contributed by atoms with Gasteiger partial charge in [0.25, 0.3) is 0 Å². The van der Waals surface area contributed by atoms with Gasteiger partial charge >= 0.3 is 5.97 Å². The minimum Gasteiger partial charge on any atom is -0.480 e. The zero-order valence-electron chi connectivity index (χ0n) is 9.12. The molecule has 0 aliphatic rings. The predicted octanol–water partition coefficient (Wildman–Crippen LogP) is 0.198. The summed E-state index contributed by atoms with van der Waals surface area (Å²) in [6.45, 7) is 1.54. The van der Waals surface area contributed by atoms with Gasteiger partial charge in [0.15, 0.2) is 15.1 Å². The molecule has 1 unspecified atom stereocenters. The first-order chi connectivity index (χ1) is 7.36. The summed E-state index contributed by atoms with van der Waals surface area (Å²) >= 11 is 0. The fourth-order valence-corrected chi connectivity index (χ4v) is 3.01. The number of hydrogen-bond acceptors (Lipinski definition) is 4. The Morgan fingerprint density at radius 1 is 1.62 bits per heavy atom. The number of aliphatic carboxylic acids is 1. The molecule has 1 N–H and O–H groups in total. The van der Waals surface area contributed by atoms with Crippen LogP contribution in [0, 0.1) is 0 Å². The third-order valence-electron chi connectivity index (χ3n) is 2.20. The molecule has 1 aromatic heterocycles. The SMILES string of the molecule is CCC(C(=O)O)S(=O)(=O)Cc1ccn(C)n1. The number of sulfone groups is 1. The lowest BCUT2D eigenvalue weighted by atomic mass is 10.3. The first-order valence-corrected chi connectivity index (χ1v) is 6.51. The molecule has 1 aromatic rings. The molecule has 0 aliphatic carbocycles. The molecule has 1 rings (SSSR count). The second kappa shape index (κ2) is 4.65. The van der Waals surface area contributed by atoms with Gasteiger partial charge in [0, 0.05) is 13.2 Å². The van der Waals surface area contributed by atoms with E-state index in [1.807, 2.05) is 0 Å². The molecule has 0 radical (unpaired) electrons. The maximum absolute atomic E-state index is 11.8. The van der Waals surface area contributed by atoms with Gasteiger partial charge in [0.1, 0.15) is 0 Å². The van der Waals surface area contributed by atoms with E-state index in [0.717, 1.165) is 0 Å². The highest BCUT2D eigenvalue weighted by Gasteiger charge is 2.31. The Bertz CT molecular complexity index is 477. The second-order valence-electron chi connectivity index (χ2n) is 3.52. The standard InChI is InChI=1S/C9H14N2O4S/c1-3-8(9(12)13)16(14,15)6-7-4-5-11(2)10-7/h4-5,8H,3,6H2,1-2H3,(H,12,13). The minimum absolute atomic E-state index is 0.0600. The summed E-state index contributed by atoms with van der Waals surface area (Å²) in [5, 5.41) is 11.4. The van der Waals surface area contributed by atoms with Crippen molar-refractivity contribution in [3.8, 4) is 0 Å². The molecule has 90 valence electrons. The van der Waals surface area contributed by atoms with Crippen LogP contribution in [-0.2, 0) is 27.4 Å². The highest BCUT2D eigenvalue weighted by Crippen LogP contribution is 2.12. The third kappa shape index (κ3) is 2.82. The Morgan fingerprint density at radius 3 is 2.62 bits per heavy atom. The maximum atomic E-state index is 11.8.